The largest absolute Gasteiger partial charge is 0.508 e. The number of nitrogens with zero attached hydrogens (tertiary/aromatic N) is 1. The number of hydrogen-bond acceptors (Lipinski definition) is 4. The molecule has 1 aromatic rings. The molecule has 3 atom stereocenters. The van der Waals surface area contributed by atoms with Crippen molar-refractivity contribution in [3.8, 4) is 5.75 Å². The van der Waals surface area contributed by atoms with Gasteiger partial charge < -0.3 is 20.6 Å². The lowest BCUT2D eigenvalue weighted by Gasteiger charge is -2.46. The molecule has 1 heterocycles. The van der Waals surface area contributed by atoms with Crippen molar-refractivity contribution in [2.24, 2.45) is 17.8 Å². The van der Waals surface area contributed by atoms with Gasteiger partial charge in [-0.05, 0) is 60.8 Å². The number of amides is 2. The van der Waals surface area contributed by atoms with E-state index >= 15 is 0 Å². The minimum absolute atomic E-state index is 0.000396. The van der Waals surface area contributed by atoms with E-state index in [2.05, 4.69) is 35.4 Å². The van der Waals surface area contributed by atoms with Gasteiger partial charge in [-0.1, -0.05) is 58.1 Å². The fourth-order valence-electron chi connectivity index (χ4n) is 5.90. The molecule has 6 nitrogen and oxygen atoms in total. The topological polar surface area (TPSA) is 81.7 Å². The van der Waals surface area contributed by atoms with Crippen LogP contribution in [0.15, 0.2) is 24.3 Å². The van der Waals surface area contributed by atoms with E-state index in [1.54, 1.807) is 13.1 Å². The molecule has 3 unspecified atom stereocenters. The van der Waals surface area contributed by atoms with Crippen LogP contribution >= 0.6 is 0 Å². The van der Waals surface area contributed by atoms with Gasteiger partial charge in [-0.3, -0.25) is 9.59 Å². The first-order valence-electron chi connectivity index (χ1n) is 13.3. The predicted molar refractivity (Wildman–Crippen MR) is 137 cm³/mol. The van der Waals surface area contributed by atoms with Crippen molar-refractivity contribution in [1.82, 2.24) is 15.5 Å². The second kappa shape index (κ2) is 12.6. The summed E-state index contributed by atoms with van der Waals surface area (Å²) < 4.78 is 0. The maximum absolute atomic E-state index is 13.2. The molecule has 6 heteroatoms. The molecule has 2 aliphatic rings. The second-order valence-corrected chi connectivity index (χ2v) is 10.9. The van der Waals surface area contributed by atoms with Crippen molar-refractivity contribution in [2.75, 3.05) is 33.2 Å². The highest BCUT2D eigenvalue weighted by Gasteiger charge is 2.39. The molecule has 0 radical (unpaired) electrons. The summed E-state index contributed by atoms with van der Waals surface area (Å²) in [4.78, 5) is 27.2. The second-order valence-electron chi connectivity index (χ2n) is 10.9. The molecule has 2 amide bonds. The number of carbonyl (C=O) groups excluding carboxylic acids is 2. The van der Waals surface area contributed by atoms with E-state index < -0.39 is 0 Å². The molecule has 2 fully saturated rings. The summed E-state index contributed by atoms with van der Waals surface area (Å²) in [6.45, 7) is 7.88. The van der Waals surface area contributed by atoms with Crippen LogP contribution in [0.5, 0.6) is 5.75 Å². The van der Waals surface area contributed by atoms with Gasteiger partial charge in [-0.25, -0.2) is 0 Å². The van der Waals surface area contributed by atoms with Gasteiger partial charge in [0, 0.05) is 33.1 Å². The third-order valence-electron chi connectivity index (χ3n) is 8.42. The lowest BCUT2D eigenvalue weighted by atomic mass is 9.68. The minimum atomic E-state index is 0.000396. The van der Waals surface area contributed by atoms with Crippen LogP contribution in [0.4, 0.5) is 0 Å². The van der Waals surface area contributed by atoms with Crippen molar-refractivity contribution in [2.45, 2.75) is 77.0 Å². The normalized spacial score (nSPS) is 25.0. The monoisotopic (exact) mass is 471 g/mol. The van der Waals surface area contributed by atoms with Crippen molar-refractivity contribution in [3.63, 3.8) is 0 Å². The lowest BCUT2D eigenvalue weighted by Crippen LogP contribution is -2.50. The zero-order chi connectivity index (χ0) is 24.6. The SMILES string of the molecule is CNC(=O)CCCNC(=O)C(CC1CCCCC1)CN1CCC(C)(c2cccc(O)c2)C(C)C1. The smallest absolute Gasteiger partial charge is 0.224 e. The third kappa shape index (κ3) is 7.21. The lowest BCUT2D eigenvalue weighted by molar-refractivity contribution is -0.127. The standard InChI is InChI=1S/C28H45N3O3/c1-21-19-31(16-14-28(21,2)24-11-7-12-25(32)18-24)20-23(17-22-9-5-4-6-10-22)27(34)30-15-8-13-26(33)29-3/h7,11-12,18,21-23,32H,4-6,8-10,13-17,19-20H2,1-3H3,(H,29,33)(H,30,34). The fourth-order valence-corrected chi connectivity index (χ4v) is 5.90. The average molecular weight is 472 g/mol. The molecule has 1 saturated carbocycles. The Labute approximate surface area is 205 Å². The summed E-state index contributed by atoms with van der Waals surface area (Å²) in [7, 11) is 1.65. The number of nitrogens with one attached hydrogen (secondary N) is 2. The summed E-state index contributed by atoms with van der Waals surface area (Å²) in [5.41, 5.74) is 1.23. The van der Waals surface area contributed by atoms with E-state index in [1.807, 2.05) is 12.1 Å². The number of phenols is 1. The highest BCUT2D eigenvalue weighted by atomic mass is 16.3. The van der Waals surface area contributed by atoms with Gasteiger partial charge in [0.1, 0.15) is 5.75 Å². The molecule has 0 spiro atoms. The Morgan fingerprint density at radius 1 is 1.24 bits per heavy atom. The van der Waals surface area contributed by atoms with E-state index in [4.69, 9.17) is 0 Å². The Bertz CT molecular complexity index is 808. The number of benzene rings is 1. The van der Waals surface area contributed by atoms with Crippen LogP contribution < -0.4 is 10.6 Å². The Kier molecular flexibility index (Phi) is 9.81. The van der Waals surface area contributed by atoms with Crippen LogP contribution in [-0.2, 0) is 15.0 Å². The van der Waals surface area contributed by atoms with Gasteiger partial charge in [0.15, 0.2) is 0 Å². The number of likely N-dealkylation sites (tertiary alicyclic amines) is 1. The van der Waals surface area contributed by atoms with Crippen LogP contribution in [-0.4, -0.2) is 55.0 Å². The zero-order valence-electron chi connectivity index (χ0n) is 21.4. The highest BCUT2D eigenvalue weighted by Crippen LogP contribution is 2.40. The Morgan fingerprint density at radius 3 is 2.68 bits per heavy atom. The Balaban J connectivity index is 1.60. The molecule has 34 heavy (non-hydrogen) atoms. The molecule has 3 rings (SSSR count). The summed E-state index contributed by atoms with van der Waals surface area (Å²) >= 11 is 0. The molecule has 1 saturated heterocycles. The zero-order valence-corrected chi connectivity index (χ0v) is 21.4. The highest BCUT2D eigenvalue weighted by molar-refractivity contribution is 5.79. The molecule has 0 bridgehead atoms. The summed E-state index contributed by atoms with van der Waals surface area (Å²) in [5.74, 6) is 1.57. The van der Waals surface area contributed by atoms with E-state index in [9.17, 15) is 14.7 Å². The first-order valence-corrected chi connectivity index (χ1v) is 13.3. The molecule has 1 aliphatic heterocycles. The van der Waals surface area contributed by atoms with Gasteiger partial charge in [-0.2, -0.15) is 0 Å². The number of rotatable bonds is 10. The summed E-state index contributed by atoms with van der Waals surface area (Å²) in [5, 5.41) is 15.8. The molecular weight excluding hydrogens is 426 g/mol. The van der Waals surface area contributed by atoms with E-state index in [0.717, 1.165) is 32.5 Å². The molecule has 3 N–H and O–H groups in total. The van der Waals surface area contributed by atoms with E-state index in [-0.39, 0.29) is 23.1 Å². The van der Waals surface area contributed by atoms with Crippen molar-refractivity contribution in [3.05, 3.63) is 29.8 Å². The van der Waals surface area contributed by atoms with Crippen LogP contribution in [0.25, 0.3) is 0 Å². The van der Waals surface area contributed by atoms with E-state index in [1.165, 1.54) is 37.7 Å². The maximum atomic E-state index is 13.2. The minimum Gasteiger partial charge on any atom is -0.508 e. The fraction of sp³-hybridized carbons (Fsp3) is 0.714. The van der Waals surface area contributed by atoms with Crippen LogP contribution in [0.3, 0.4) is 0 Å². The quantitative estimate of drug-likeness (QED) is 0.446. The number of aromatic hydroxyl groups is 1. The summed E-state index contributed by atoms with van der Waals surface area (Å²) in [6.07, 6.45) is 9.48. The Morgan fingerprint density at radius 2 is 2.00 bits per heavy atom. The first kappa shape index (κ1) is 26.5. The first-order chi connectivity index (χ1) is 16.3. The summed E-state index contributed by atoms with van der Waals surface area (Å²) in [6, 6.07) is 7.70. The molecule has 1 aliphatic carbocycles. The predicted octanol–water partition coefficient (Wildman–Crippen LogP) is 4.22. The number of hydrogen-bond donors (Lipinski definition) is 3. The Hall–Kier alpha value is -2.08. The van der Waals surface area contributed by atoms with Gasteiger partial charge in [0.05, 0.1) is 5.92 Å². The molecular formula is C28H45N3O3. The van der Waals surface area contributed by atoms with Crippen LogP contribution in [0, 0.1) is 17.8 Å². The molecule has 190 valence electrons. The van der Waals surface area contributed by atoms with Gasteiger partial charge in [0.2, 0.25) is 11.8 Å². The maximum Gasteiger partial charge on any atom is 0.224 e. The van der Waals surface area contributed by atoms with Gasteiger partial charge >= 0.3 is 0 Å². The van der Waals surface area contributed by atoms with E-state index in [0.29, 0.717) is 37.0 Å². The van der Waals surface area contributed by atoms with Gasteiger partial charge in [0.25, 0.3) is 0 Å². The van der Waals surface area contributed by atoms with Crippen LogP contribution in [0.2, 0.25) is 0 Å². The molecule has 0 aromatic heterocycles. The number of piperidine rings is 1. The number of phenolic OH excluding ortho intramolecular Hbond substituents is 1. The molecule has 1 aromatic carbocycles. The average Bonchev–Trinajstić information content (AvgIpc) is 2.84. The third-order valence-corrected chi connectivity index (χ3v) is 8.42. The van der Waals surface area contributed by atoms with Gasteiger partial charge in [-0.15, -0.1) is 0 Å². The van der Waals surface area contributed by atoms with Crippen LogP contribution in [0.1, 0.15) is 77.2 Å². The number of carbonyl (C=O) groups is 2. The van der Waals surface area contributed by atoms with Crippen molar-refractivity contribution < 1.29 is 14.7 Å². The van der Waals surface area contributed by atoms with Crippen molar-refractivity contribution in [1.29, 1.82) is 0 Å². The van der Waals surface area contributed by atoms with Crippen molar-refractivity contribution >= 4 is 11.8 Å².